The summed E-state index contributed by atoms with van der Waals surface area (Å²) in [7, 11) is 7.52. The first-order valence-corrected chi connectivity index (χ1v) is 41.3. The lowest BCUT2D eigenvalue weighted by Gasteiger charge is -2.43. The number of hydrogen-bond acceptors (Lipinski definition) is 16. The molecule has 14 atom stereocenters. The molecule has 0 aliphatic heterocycles. The lowest BCUT2D eigenvalue weighted by atomic mass is 9.88. The van der Waals surface area contributed by atoms with E-state index in [4.69, 9.17) is 13.9 Å². The molecule has 0 saturated carbocycles. The molecule has 2 rings (SSSR count). The highest BCUT2D eigenvalue weighted by atomic mass is 28.4. The van der Waals surface area contributed by atoms with Crippen LogP contribution in [0, 0.1) is 53.3 Å². The second kappa shape index (κ2) is 45.7. The summed E-state index contributed by atoms with van der Waals surface area (Å²) >= 11 is 0. The topological polar surface area (TPSA) is 308 Å². The smallest absolute Gasteiger partial charge is 0.326 e. The van der Waals surface area contributed by atoms with Crippen LogP contribution in [-0.2, 0) is 71.4 Å². The number of ether oxygens (including phenoxy) is 2. The van der Waals surface area contributed by atoms with Crippen LogP contribution in [0.5, 0.6) is 0 Å². The molecular formula is C84H139N9O16Si. The fraction of sp³-hybridized carbons (Fsp3) is 0.690. The average molecular weight is 1560 g/mol. The Morgan fingerprint density at radius 3 is 1.40 bits per heavy atom. The highest BCUT2D eigenvalue weighted by Crippen LogP contribution is 2.37. The van der Waals surface area contributed by atoms with Crippen molar-refractivity contribution in [3.8, 4) is 0 Å². The first-order chi connectivity index (χ1) is 51.1. The summed E-state index contributed by atoms with van der Waals surface area (Å²) < 4.78 is 19.2. The summed E-state index contributed by atoms with van der Waals surface area (Å²) in [6, 6.07) is 10.0. The Bertz CT molecular complexity index is 3320. The summed E-state index contributed by atoms with van der Waals surface area (Å²) in [5.41, 5.74) is 0. The second-order valence-corrected chi connectivity index (χ2v) is 37.6. The van der Waals surface area contributed by atoms with Gasteiger partial charge in [-0.15, -0.1) is 0 Å². The molecule has 2 aromatic rings. The predicted octanol–water partition coefficient (Wildman–Crippen LogP) is 8.42. The van der Waals surface area contributed by atoms with E-state index in [1.165, 1.54) is 59.7 Å². The summed E-state index contributed by atoms with van der Waals surface area (Å²) in [6.45, 7) is 38.3. The number of benzene rings is 2. The Balaban J connectivity index is 2.48. The molecule has 26 heteroatoms. The Morgan fingerprint density at radius 2 is 0.964 bits per heavy atom. The molecule has 0 saturated heterocycles. The molecule has 8 amide bonds. The van der Waals surface area contributed by atoms with Crippen molar-refractivity contribution in [1.29, 1.82) is 0 Å². The van der Waals surface area contributed by atoms with Gasteiger partial charge in [0.2, 0.25) is 47.3 Å². The highest BCUT2D eigenvalue weighted by molar-refractivity contribution is 6.99. The normalized spacial score (nSPS) is 15.9. The van der Waals surface area contributed by atoms with Crippen molar-refractivity contribution in [2.45, 2.75) is 256 Å². The van der Waals surface area contributed by atoms with E-state index in [9.17, 15) is 48.3 Å². The maximum absolute atomic E-state index is 15.2. The van der Waals surface area contributed by atoms with Crippen molar-refractivity contribution in [1.82, 2.24) is 45.3 Å². The Kier molecular flexibility index (Phi) is 40.9. The van der Waals surface area contributed by atoms with Gasteiger partial charge in [0.15, 0.2) is 5.78 Å². The summed E-state index contributed by atoms with van der Waals surface area (Å²) in [5, 5.41) is 20.4. The molecule has 25 nitrogen and oxygen atoms in total. The number of esters is 1. The summed E-state index contributed by atoms with van der Waals surface area (Å²) in [5.74, 6) is -12.3. The van der Waals surface area contributed by atoms with E-state index in [0.29, 0.717) is 6.42 Å². The van der Waals surface area contributed by atoms with Crippen LogP contribution in [0.4, 0.5) is 0 Å². The van der Waals surface area contributed by atoms with Gasteiger partial charge in [0.05, 0.1) is 31.9 Å². The number of carbonyl (C=O) groups excluding carboxylic acids is 11. The average Bonchev–Trinajstić information content (AvgIpc) is 0.748. The summed E-state index contributed by atoms with van der Waals surface area (Å²) in [6.07, 6.45) is 2.56. The van der Waals surface area contributed by atoms with Gasteiger partial charge in [-0.2, -0.15) is 0 Å². The lowest BCUT2D eigenvalue weighted by Crippen LogP contribution is -2.66. The first kappa shape index (κ1) is 98.4. The maximum Gasteiger partial charge on any atom is 0.326 e. The van der Waals surface area contributed by atoms with Gasteiger partial charge < -0.3 is 64.4 Å². The van der Waals surface area contributed by atoms with Crippen molar-refractivity contribution in [3.05, 3.63) is 72.8 Å². The van der Waals surface area contributed by atoms with Crippen LogP contribution >= 0.6 is 0 Å². The zero-order valence-corrected chi connectivity index (χ0v) is 72.7. The molecule has 0 fully saturated rings. The third-order valence-corrected chi connectivity index (χ3v) is 26.1. The molecule has 0 heterocycles. The standard InChI is InChI=1S/C84H139N9O16Si/c1-29-31-38-56(13)74(109-61(18)94)73(76(98)86-64(30-2)83(105)106)93(28)82(104)71(55(11)12)91(26)80(102)67(47-53(7)8)90(25)79(101)66(46-52(5)6)89(24)77(99)58(15)49-68(95)57(14)48-69(96)65(45-51(3)4)88(23)81(103)70(54(9)10)87-75(97)72(92(27)78(100)60(17)85-22)59(16)50-107-43-44-108-110(84(19,20)21,62-39-34-32-35-40-62)63-41-36-33-37-42-63/h29,31-37,39-42,51-60,64-67,70-74,85H,30,38,43-50H2,1-28H3,(H,86,98)(H,87,97)(H,105,106)/b31-29+/t56-,57-,58+,59+,60+,64+,65+,66+,67+,70-,71+,72-,73+,74-/m1/s1. The van der Waals surface area contributed by atoms with Crippen LogP contribution in [0.1, 0.15) is 190 Å². The molecule has 0 aromatic heterocycles. The van der Waals surface area contributed by atoms with Crippen LogP contribution in [0.25, 0.3) is 0 Å². The van der Waals surface area contributed by atoms with Gasteiger partial charge in [-0.05, 0) is 104 Å². The SMILES string of the molecule is C/C=C/C[C@@H](C)[C@@H](OC(C)=O)[C@@H](C(=O)N[C@@H](CC)C(=O)O)N(C)C(=O)[C@H](C(C)C)N(C)C(=O)[C@H](CC(C)C)N(C)C(=O)[C@H](CC(C)C)N(C)C(=O)[C@@H](C)CC(=O)[C@H](C)CC(=O)[C@H](CC(C)C)N(C)C(=O)[C@H](NC(=O)[C@@H]([C@@H](C)COCCO[Si](c1ccccc1)(c1ccccc1)C(C)(C)C)N(C)C(=O)[C@H](C)NC)C(C)C. The monoisotopic (exact) mass is 1560 g/mol. The number of hydrogen-bond donors (Lipinski definition) is 4. The van der Waals surface area contributed by atoms with Crippen molar-refractivity contribution >= 4 is 89.5 Å². The zero-order chi connectivity index (χ0) is 84.3. The molecule has 0 aliphatic rings. The van der Waals surface area contributed by atoms with E-state index >= 15 is 14.4 Å². The third-order valence-electron chi connectivity index (χ3n) is 21.0. The fourth-order valence-corrected chi connectivity index (χ4v) is 19.1. The van der Waals surface area contributed by atoms with E-state index in [-0.39, 0.29) is 87.0 Å². The molecule has 0 spiro atoms. The van der Waals surface area contributed by atoms with Crippen molar-refractivity contribution < 1.29 is 76.5 Å². The number of nitrogens with one attached hydrogen (secondary N) is 3. The minimum atomic E-state index is -2.89. The number of ketones is 2. The third kappa shape index (κ3) is 27.3. The molecule has 110 heavy (non-hydrogen) atoms. The molecule has 4 N–H and O–H groups in total. The van der Waals surface area contributed by atoms with E-state index in [2.05, 4.69) is 61.0 Å². The minimum absolute atomic E-state index is 0.00229. The van der Waals surface area contributed by atoms with E-state index in [1.807, 2.05) is 90.9 Å². The number of allylic oxidation sites excluding steroid dienone is 2. The van der Waals surface area contributed by atoms with Crippen molar-refractivity contribution in [2.75, 3.05) is 69.2 Å². The van der Waals surface area contributed by atoms with Gasteiger partial charge in [0.25, 0.3) is 8.32 Å². The number of amides is 8. The number of nitrogens with zero attached hydrogens (tertiary/aromatic N) is 6. The van der Waals surface area contributed by atoms with E-state index in [0.717, 1.165) is 22.2 Å². The minimum Gasteiger partial charge on any atom is -0.480 e. The second-order valence-electron chi connectivity index (χ2n) is 33.3. The molecular weight excluding hydrogens is 1420 g/mol. The van der Waals surface area contributed by atoms with Crippen molar-refractivity contribution in [2.24, 2.45) is 53.3 Å². The van der Waals surface area contributed by atoms with Crippen molar-refractivity contribution in [3.63, 3.8) is 0 Å². The lowest BCUT2D eigenvalue weighted by molar-refractivity contribution is -0.164. The molecule has 0 bridgehead atoms. The number of carbonyl (C=O) groups is 12. The largest absolute Gasteiger partial charge is 0.480 e. The van der Waals surface area contributed by atoms with E-state index < -0.39 is 169 Å². The number of rotatable bonds is 47. The Morgan fingerprint density at radius 1 is 0.518 bits per heavy atom. The predicted molar refractivity (Wildman–Crippen MR) is 433 cm³/mol. The summed E-state index contributed by atoms with van der Waals surface area (Å²) in [4.78, 5) is 180. The van der Waals surface area contributed by atoms with E-state index in [1.54, 1.807) is 89.4 Å². The first-order valence-electron chi connectivity index (χ1n) is 39.4. The zero-order valence-electron chi connectivity index (χ0n) is 71.7. The molecule has 620 valence electrons. The molecule has 0 radical (unpaired) electrons. The van der Waals surface area contributed by atoms with Gasteiger partial charge >= 0.3 is 11.9 Å². The van der Waals surface area contributed by atoms with Gasteiger partial charge in [-0.3, -0.25) is 52.7 Å². The Labute approximate surface area is 659 Å². The number of Topliss-reactive ketones (excluding diaryl/α,β-unsaturated/α-hetero) is 2. The van der Waals surface area contributed by atoms with Gasteiger partial charge in [0.1, 0.15) is 54.2 Å². The molecule has 0 unspecified atom stereocenters. The van der Waals surface area contributed by atoms with Crippen LogP contribution in [0.15, 0.2) is 72.8 Å². The van der Waals surface area contributed by atoms with Crippen LogP contribution < -0.4 is 26.3 Å². The van der Waals surface area contributed by atoms with Gasteiger partial charge in [0, 0.05) is 79.8 Å². The quantitative estimate of drug-likeness (QED) is 0.0209. The van der Waals surface area contributed by atoms with Crippen LogP contribution in [0.3, 0.4) is 0 Å². The number of likely N-dealkylation sites (N-methyl/N-ethyl adjacent to an activating group) is 7. The molecule has 2 aromatic carbocycles. The number of carboxylic acids is 1. The van der Waals surface area contributed by atoms with Crippen LogP contribution in [-0.4, -0.2) is 243 Å². The van der Waals surface area contributed by atoms with Gasteiger partial charge in [-0.25, -0.2) is 4.79 Å². The number of carboxylic acid groups (broad SMARTS) is 1. The Hall–Kier alpha value is -7.68. The van der Waals surface area contributed by atoms with Crippen LogP contribution in [0.2, 0.25) is 5.04 Å². The molecule has 0 aliphatic carbocycles. The highest BCUT2D eigenvalue weighted by Gasteiger charge is 2.51. The maximum atomic E-state index is 15.2. The number of aliphatic carboxylic acids is 1. The fourth-order valence-electron chi connectivity index (χ4n) is 14.5. The van der Waals surface area contributed by atoms with Gasteiger partial charge in [-0.1, -0.05) is 197 Å².